The van der Waals surface area contributed by atoms with Crippen LogP contribution in [0.25, 0.3) is 5.57 Å². The summed E-state index contributed by atoms with van der Waals surface area (Å²) in [5, 5.41) is 0. The standard InChI is InChI=1S/C36H34O4Se/c1-22-7-14-26(15-8-22)32(27-16-9-23(2)10-17-27)36(28-18-11-24(3)12-19-28)30-20-13-25(4)21-29(30)31(34(37)39-5)33(41-36)35(38)40-6/h7-21,32H,1-6H3. The van der Waals surface area contributed by atoms with Gasteiger partial charge in [-0.05, 0) is 0 Å². The number of aryl methyl sites for hydroxylation is 4. The molecule has 0 saturated heterocycles. The van der Waals surface area contributed by atoms with Crippen LogP contribution in [0.15, 0.2) is 95.5 Å². The number of benzene rings is 4. The molecule has 0 fully saturated rings. The zero-order valence-corrected chi connectivity index (χ0v) is 26.0. The molecule has 1 heterocycles. The summed E-state index contributed by atoms with van der Waals surface area (Å²) in [5.41, 5.74) is 9.88. The van der Waals surface area contributed by atoms with Crippen LogP contribution in [-0.2, 0) is 23.4 Å². The van der Waals surface area contributed by atoms with E-state index >= 15 is 0 Å². The quantitative estimate of drug-likeness (QED) is 0.179. The van der Waals surface area contributed by atoms with Crippen LogP contribution in [0.2, 0.25) is 0 Å². The van der Waals surface area contributed by atoms with E-state index in [1.165, 1.54) is 25.3 Å². The maximum absolute atomic E-state index is 13.6. The predicted molar refractivity (Wildman–Crippen MR) is 164 cm³/mol. The fourth-order valence-electron chi connectivity index (χ4n) is 5.70. The average molecular weight is 610 g/mol. The average Bonchev–Trinajstić information content (AvgIpc) is 2.98. The number of rotatable bonds is 6. The molecule has 1 aliphatic heterocycles. The fraction of sp³-hybridized carbons (Fsp3) is 0.222. The zero-order valence-electron chi connectivity index (χ0n) is 24.3. The molecule has 1 unspecified atom stereocenters. The maximum atomic E-state index is 13.6. The monoisotopic (exact) mass is 610 g/mol. The topological polar surface area (TPSA) is 52.6 Å². The Balaban J connectivity index is 1.96. The molecule has 208 valence electrons. The number of carbonyl (C=O) groups excluding carboxylic acids is 2. The number of methoxy groups -OCH3 is 2. The first-order valence-electron chi connectivity index (χ1n) is 13.6. The van der Waals surface area contributed by atoms with Crippen molar-refractivity contribution < 1.29 is 19.1 Å². The molecule has 0 aromatic heterocycles. The Hall–Kier alpha value is -3.92. The van der Waals surface area contributed by atoms with Gasteiger partial charge in [-0.15, -0.1) is 0 Å². The molecule has 4 aromatic carbocycles. The van der Waals surface area contributed by atoms with Gasteiger partial charge < -0.3 is 0 Å². The number of ether oxygens (including phenoxy) is 2. The summed E-state index contributed by atoms with van der Waals surface area (Å²) in [6.45, 7) is 8.25. The Morgan fingerprint density at radius 2 is 1.10 bits per heavy atom. The molecule has 0 N–H and O–H groups in total. The molecule has 41 heavy (non-hydrogen) atoms. The van der Waals surface area contributed by atoms with Gasteiger partial charge in [0.1, 0.15) is 0 Å². The van der Waals surface area contributed by atoms with Crippen molar-refractivity contribution in [2.24, 2.45) is 0 Å². The van der Waals surface area contributed by atoms with E-state index in [-0.39, 0.29) is 5.92 Å². The summed E-state index contributed by atoms with van der Waals surface area (Å²) < 4.78 is 10.3. The third-order valence-electron chi connectivity index (χ3n) is 7.80. The Labute approximate surface area is 248 Å². The summed E-state index contributed by atoms with van der Waals surface area (Å²) >= 11 is -0.582. The fourth-order valence-corrected chi connectivity index (χ4v) is 9.30. The molecule has 4 nitrogen and oxygen atoms in total. The first kappa shape index (κ1) is 28.6. The van der Waals surface area contributed by atoms with Crippen LogP contribution in [0.4, 0.5) is 0 Å². The number of carbonyl (C=O) groups is 2. The third-order valence-corrected chi connectivity index (χ3v) is 11.1. The van der Waals surface area contributed by atoms with Crippen molar-refractivity contribution in [3.05, 3.63) is 146 Å². The molecule has 0 amide bonds. The van der Waals surface area contributed by atoms with Gasteiger partial charge in [-0.3, -0.25) is 0 Å². The van der Waals surface area contributed by atoms with Crippen LogP contribution in [0.5, 0.6) is 0 Å². The van der Waals surface area contributed by atoms with E-state index in [2.05, 4.69) is 106 Å². The molecular weight excluding hydrogens is 575 g/mol. The molecule has 5 heteroatoms. The van der Waals surface area contributed by atoms with E-state index < -0.39 is 31.2 Å². The van der Waals surface area contributed by atoms with Gasteiger partial charge in [0.15, 0.2) is 0 Å². The van der Waals surface area contributed by atoms with Crippen molar-refractivity contribution in [1.29, 1.82) is 0 Å². The Morgan fingerprint density at radius 3 is 1.59 bits per heavy atom. The van der Waals surface area contributed by atoms with Gasteiger partial charge in [-0.25, -0.2) is 0 Å². The summed E-state index contributed by atoms with van der Waals surface area (Å²) in [6.07, 6.45) is 0. The van der Waals surface area contributed by atoms with Gasteiger partial charge in [0, 0.05) is 0 Å². The van der Waals surface area contributed by atoms with Crippen molar-refractivity contribution in [3.8, 4) is 0 Å². The number of esters is 2. The van der Waals surface area contributed by atoms with Crippen LogP contribution in [0.3, 0.4) is 0 Å². The van der Waals surface area contributed by atoms with Gasteiger partial charge in [0.05, 0.1) is 0 Å². The third kappa shape index (κ3) is 5.16. The first-order valence-corrected chi connectivity index (χ1v) is 15.3. The van der Waals surface area contributed by atoms with Gasteiger partial charge in [0.25, 0.3) is 0 Å². The number of fused-ring (bicyclic) bond motifs is 1. The summed E-state index contributed by atoms with van der Waals surface area (Å²) in [5.74, 6) is -1.19. The summed E-state index contributed by atoms with van der Waals surface area (Å²) in [7, 11) is 2.73. The van der Waals surface area contributed by atoms with E-state index in [4.69, 9.17) is 9.47 Å². The minimum atomic E-state index is -0.685. The first-order chi connectivity index (χ1) is 19.7. The zero-order chi connectivity index (χ0) is 29.3. The normalized spacial score (nSPS) is 16.4. The number of hydrogen-bond acceptors (Lipinski definition) is 4. The van der Waals surface area contributed by atoms with Crippen LogP contribution in [-0.4, -0.2) is 41.1 Å². The van der Waals surface area contributed by atoms with Crippen molar-refractivity contribution in [1.82, 2.24) is 0 Å². The van der Waals surface area contributed by atoms with Crippen molar-refractivity contribution in [3.63, 3.8) is 0 Å². The Kier molecular flexibility index (Phi) is 8.04. The van der Waals surface area contributed by atoms with E-state index in [0.717, 1.165) is 38.9 Å². The van der Waals surface area contributed by atoms with Crippen LogP contribution >= 0.6 is 0 Å². The van der Waals surface area contributed by atoms with Gasteiger partial charge in [0.2, 0.25) is 0 Å². The van der Waals surface area contributed by atoms with Crippen molar-refractivity contribution in [2.45, 2.75) is 37.9 Å². The van der Waals surface area contributed by atoms with E-state index in [1.807, 2.05) is 13.0 Å². The summed E-state index contributed by atoms with van der Waals surface area (Å²) in [6, 6.07) is 32.2. The molecule has 0 bridgehead atoms. The molecular formula is C36H34O4Se. The molecule has 5 rings (SSSR count). The molecule has 0 saturated carbocycles. The van der Waals surface area contributed by atoms with Gasteiger partial charge in [-0.2, -0.15) is 0 Å². The second-order valence-electron chi connectivity index (χ2n) is 10.7. The molecule has 1 aliphatic rings. The van der Waals surface area contributed by atoms with Crippen molar-refractivity contribution >= 4 is 32.5 Å². The molecule has 0 spiro atoms. The molecule has 0 radical (unpaired) electrons. The minimum absolute atomic E-state index is 0.160. The SMILES string of the molecule is COC(=O)C1=C(C(=O)OC)c2cc(C)ccc2C(c2ccc(C)cc2)(C(c2ccc(C)cc2)c2ccc(C)cc2)[Se]1. The van der Waals surface area contributed by atoms with Crippen LogP contribution in [0.1, 0.15) is 56.0 Å². The van der Waals surface area contributed by atoms with Crippen molar-refractivity contribution in [2.75, 3.05) is 14.2 Å². The predicted octanol–water partition coefficient (Wildman–Crippen LogP) is 6.77. The Bertz CT molecular complexity index is 1590. The second-order valence-corrected chi connectivity index (χ2v) is 13.3. The van der Waals surface area contributed by atoms with Gasteiger partial charge in [-0.1, -0.05) is 0 Å². The molecule has 4 aromatic rings. The number of hydrogen-bond donors (Lipinski definition) is 0. The summed E-state index contributed by atoms with van der Waals surface area (Å²) in [4.78, 5) is 26.9. The van der Waals surface area contributed by atoms with E-state index in [0.29, 0.717) is 10.0 Å². The van der Waals surface area contributed by atoms with E-state index in [1.54, 1.807) is 0 Å². The molecule has 1 atom stereocenters. The Morgan fingerprint density at radius 1 is 0.634 bits per heavy atom. The van der Waals surface area contributed by atoms with Crippen LogP contribution in [0, 0.1) is 27.7 Å². The van der Waals surface area contributed by atoms with E-state index in [9.17, 15) is 9.59 Å². The molecule has 0 aliphatic carbocycles. The second kappa shape index (κ2) is 11.5. The van der Waals surface area contributed by atoms with Crippen LogP contribution < -0.4 is 0 Å². The van der Waals surface area contributed by atoms with Gasteiger partial charge >= 0.3 is 249 Å².